The Kier molecular flexibility index (Phi) is 6.81. The number of aliphatic hydroxyl groups is 1. The van der Waals surface area contributed by atoms with Crippen LogP contribution in [0.25, 0.3) is 0 Å². The predicted molar refractivity (Wildman–Crippen MR) is 76.6 cm³/mol. The summed E-state index contributed by atoms with van der Waals surface area (Å²) in [4.78, 5) is 0. The molecule has 3 nitrogen and oxygen atoms in total. The van der Waals surface area contributed by atoms with Crippen LogP contribution in [0.15, 0.2) is 28.7 Å². The zero-order chi connectivity index (χ0) is 13.4. The first-order valence-electron chi connectivity index (χ1n) is 5.85. The maximum absolute atomic E-state index is 9.75. The molecular formula is C14H18BrNO2. The smallest absolute Gasteiger partial charge is 0.120 e. The molecule has 0 aliphatic carbocycles. The van der Waals surface area contributed by atoms with Gasteiger partial charge in [0, 0.05) is 23.5 Å². The second kappa shape index (κ2) is 8.15. The van der Waals surface area contributed by atoms with Gasteiger partial charge in [0.2, 0.25) is 0 Å². The van der Waals surface area contributed by atoms with Crippen molar-refractivity contribution in [3.63, 3.8) is 0 Å². The van der Waals surface area contributed by atoms with Gasteiger partial charge in [-0.25, -0.2) is 0 Å². The molecule has 0 aliphatic rings. The van der Waals surface area contributed by atoms with E-state index in [1.807, 2.05) is 31.2 Å². The molecule has 2 atom stereocenters. The molecule has 0 amide bonds. The lowest BCUT2D eigenvalue weighted by Crippen LogP contribution is -2.36. The van der Waals surface area contributed by atoms with Crippen LogP contribution in [0.3, 0.4) is 0 Å². The van der Waals surface area contributed by atoms with Crippen molar-refractivity contribution in [1.29, 1.82) is 0 Å². The van der Waals surface area contributed by atoms with E-state index in [1.54, 1.807) is 0 Å². The average Bonchev–Trinajstić information content (AvgIpc) is 2.34. The van der Waals surface area contributed by atoms with Crippen LogP contribution in [0.2, 0.25) is 0 Å². The lowest BCUT2D eigenvalue weighted by Gasteiger charge is -2.16. The summed E-state index contributed by atoms with van der Waals surface area (Å²) < 4.78 is 6.43. The highest BCUT2D eigenvalue weighted by atomic mass is 79.9. The Hall–Kier alpha value is -1.02. The van der Waals surface area contributed by atoms with Gasteiger partial charge >= 0.3 is 0 Å². The molecule has 98 valence electrons. The number of benzene rings is 1. The Morgan fingerprint density at radius 1 is 1.56 bits per heavy atom. The molecule has 0 aromatic heterocycles. The van der Waals surface area contributed by atoms with Gasteiger partial charge in [0.15, 0.2) is 0 Å². The first kappa shape index (κ1) is 15.0. The van der Waals surface area contributed by atoms with Gasteiger partial charge in [-0.1, -0.05) is 22.0 Å². The average molecular weight is 312 g/mol. The third-order valence-electron chi connectivity index (χ3n) is 2.36. The Morgan fingerprint density at radius 3 is 3.00 bits per heavy atom. The predicted octanol–water partition coefficient (Wildman–Crippen LogP) is 2.19. The first-order valence-corrected chi connectivity index (χ1v) is 6.64. The fourth-order valence-corrected chi connectivity index (χ4v) is 1.77. The second-order valence-corrected chi connectivity index (χ2v) is 5.06. The fourth-order valence-electron chi connectivity index (χ4n) is 1.39. The summed E-state index contributed by atoms with van der Waals surface area (Å²) in [5.74, 6) is 3.31. The molecule has 1 aromatic rings. The third kappa shape index (κ3) is 6.06. The van der Waals surface area contributed by atoms with Crippen molar-refractivity contribution in [3.8, 4) is 18.1 Å². The van der Waals surface area contributed by atoms with Crippen LogP contribution in [0.1, 0.15) is 13.3 Å². The molecule has 2 unspecified atom stereocenters. The third-order valence-corrected chi connectivity index (χ3v) is 2.86. The van der Waals surface area contributed by atoms with Gasteiger partial charge in [-0.15, -0.1) is 12.3 Å². The van der Waals surface area contributed by atoms with Crippen molar-refractivity contribution in [2.45, 2.75) is 25.5 Å². The largest absolute Gasteiger partial charge is 0.491 e. The number of terminal acetylenes is 1. The van der Waals surface area contributed by atoms with Crippen molar-refractivity contribution in [3.05, 3.63) is 28.7 Å². The zero-order valence-electron chi connectivity index (χ0n) is 10.4. The van der Waals surface area contributed by atoms with E-state index < -0.39 is 6.10 Å². The van der Waals surface area contributed by atoms with E-state index in [2.05, 4.69) is 27.2 Å². The number of halogens is 1. The summed E-state index contributed by atoms with van der Waals surface area (Å²) in [5, 5.41) is 12.9. The van der Waals surface area contributed by atoms with E-state index >= 15 is 0 Å². The molecule has 0 saturated carbocycles. The van der Waals surface area contributed by atoms with Crippen molar-refractivity contribution in [2.75, 3.05) is 13.2 Å². The molecule has 0 radical (unpaired) electrons. The highest BCUT2D eigenvalue weighted by molar-refractivity contribution is 9.10. The number of hydrogen-bond donors (Lipinski definition) is 2. The minimum absolute atomic E-state index is 0.204. The van der Waals surface area contributed by atoms with Gasteiger partial charge in [-0.2, -0.15) is 0 Å². The highest BCUT2D eigenvalue weighted by Crippen LogP contribution is 2.17. The Bertz CT molecular complexity index is 403. The molecule has 0 fully saturated rings. The van der Waals surface area contributed by atoms with E-state index in [-0.39, 0.29) is 12.6 Å². The summed E-state index contributed by atoms with van der Waals surface area (Å²) in [6.45, 7) is 2.71. The van der Waals surface area contributed by atoms with E-state index in [0.29, 0.717) is 13.0 Å². The molecule has 4 heteroatoms. The number of nitrogens with one attached hydrogen (secondary N) is 1. The van der Waals surface area contributed by atoms with Crippen molar-refractivity contribution in [1.82, 2.24) is 5.32 Å². The maximum atomic E-state index is 9.75. The zero-order valence-corrected chi connectivity index (χ0v) is 12.0. The summed E-state index contributed by atoms with van der Waals surface area (Å²) >= 11 is 3.36. The molecule has 0 saturated heterocycles. The fraction of sp³-hybridized carbons (Fsp3) is 0.429. The van der Waals surface area contributed by atoms with Crippen molar-refractivity contribution in [2.24, 2.45) is 0 Å². The second-order valence-electron chi connectivity index (χ2n) is 4.14. The Morgan fingerprint density at radius 2 is 2.33 bits per heavy atom. The van der Waals surface area contributed by atoms with Crippen molar-refractivity contribution < 1.29 is 9.84 Å². The summed E-state index contributed by atoms with van der Waals surface area (Å²) in [6, 6.07) is 7.73. The number of ether oxygens (including phenoxy) is 1. The lowest BCUT2D eigenvalue weighted by atomic mass is 10.2. The minimum atomic E-state index is -0.552. The maximum Gasteiger partial charge on any atom is 0.120 e. The van der Waals surface area contributed by atoms with Gasteiger partial charge in [0.1, 0.15) is 18.5 Å². The van der Waals surface area contributed by atoms with Crippen molar-refractivity contribution >= 4 is 15.9 Å². The van der Waals surface area contributed by atoms with Crippen LogP contribution in [0.4, 0.5) is 0 Å². The van der Waals surface area contributed by atoms with Gasteiger partial charge < -0.3 is 15.2 Å². The molecule has 0 aliphatic heterocycles. The number of aliphatic hydroxyl groups excluding tert-OH is 1. The van der Waals surface area contributed by atoms with Crippen LogP contribution >= 0.6 is 15.9 Å². The molecule has 0 heterocycles. The van der Waals surface area contributed by atoms with Gasteiger partial charge in [-0.3, -0.25) is 0 Å². The topological polar surface area (TPSA) is 41.5 Å². The molecule has 1 rings (SSSR count). The minimum Gasteiger partial charge on any atom is -0.491 e. The standard InChI is InChI=1S/C14H18BrNO2/c1-3-5-11(2)16-9-13(17)10-18-14-7-4-6-12(15)8-14/h1,4,6-8,11,13,16-17H,5,9-10H2,2H3. The van der Waals surface area contributed by atoms with Gasteiger partial charge in [-0.05, 0) is 25.1 Å². The molecule has 18 heavy (non-hydrogen) atoms. The summed E-state index contributed by atoms with van der Waals surface area (Å²) in [5.41, 5.74) is 0. The molecule has 2 N–H and O–H groups in total. The lowest BCUT2D eigenvalue weighted by molar-refractivity contribution is 0.104. The van der Waals surface area contributed by atoms with E-state index in [0.717, 1.165) is 10.2 Å². The first-order chi connectivity index (χ1) is 8.61. The number of rotatable bonds is 7. The molecule has 1 aromatic carbocycles. The van der Waals surface area contributed by atoms with E-state index in [9.17, 15) is 5.11 Å². The van der Waals surface area contributed by atoms with Crippen LogP contribution in [-0.2, 0) is 0 Å². The van der Waals surface area contributed by atoms with E-state index in [4.69, 9.17) is 11.2 Å². The van der Waals surface area contributed by atoms with Crippen LogP contribution in [-0.4, -0.2) is 30.4 Å². The monoisotopic (exact) mass is 311 g/mol. The van der Waals surface area contributed by atoms with E-state index in [1.165, 1.54) is 0 Å². The highest BCUT2D eigenvalue weighted by Gasteiger charge is 2.07. The van der Waals surface area contributed by atoms with Gasteiger partial charge in [0.25, 0.3) is 0 Å². The molecular weight excluding hydrogens is 294 g/mol. The summed E-state index contributed by atoms with van der Waals surface area (Å²) in [6.07, 6.45) is 5.30. The Labute approximate surface area is 117 Å². The van der Waals surface area contributed by atoms with Crippen LogP contribution < -0.4 is 10.1 Å². The molecule has 0 bridgehead atoms. The van der Waals surface area contributed by atoms with Crippen LogP contribution in [0, 0.1) is 12.3 Å². The Balaban J connectivity index is 2.25. The normalized spacial score (nSPS) is 13.7. The quantitative estimate of drug-likeness (QED) is 0.759. The molecule has 0 spiro atoms. The number of hydrogen-bond acceptors (Lipinski definition) is 3. The van der Waals surface area contributed by atoms with Gasteiger partial charge in [0.05, 0.1) is 0 Å². The van der Waals surface area contributed by atoms with Crippen LogP contribution in [0.5, 0.6) is 5.75 Å². The SMILES string of the molecule is C#CCC(C)NCC(O)COc1cccc(Br)c1. The summed E-state index contributed by atoms with van der Waals surface area (Å²) in [7, 11) is 0.